The summed E-state index contributed by atoms with van der Waals surface area (Å²) >= 11 is 0. The highest BCUT2D eigenvalue weighted by atomic mass is 19.4. The normalized spacial score (nSPS) is 16.2. The van der Waals surface area contributed by atoms with Gasteiger partial charge in [-0.25, -0.2) is 9.07 Å². The third-order valence-electron chi connectivity index (χ3n) is 5.74. The van der Waals surface area contributed by atoms with Crippen LogP contribution in [0.5, 0.6) is 0 Å². The second kappa shape index (κ2) is 9.84. The number of rotatable bonds is 7. The van der Waals surface area contributed by atoms with Crippen LogP contribution in [-0.2, 0) is 17.5 Å². The topological polar surface area (TPSA) is 59.3 Å². The predicted octanol–water partition coefficient (Wildman–Crippen LogP) is 3.39. The van der Waals surface area contributed by atoms with Crippen molar-refractivity contribution in [3.8, 4) is 0 Å². The van der Waals surface area contributed by atoms with Gasteiger partial charge in [-0.2, -0.15) is 13.2 Å². The molecule has 2 heterocycles. The van der Waals surface area contributed by atoms with Crippen LogP contribution in [0.15, 0.2) is 48.5 Å². The number of hydrogen-bond acceptors (Lipinski definition) is 6. The van der Waals surface area contributed by atoms with Crippen LogP contribution in [0.3, 0.4) is 0 Å². The number of nitrogens with zero attached hydrogens (tertiary/aromatic N) is 6. The third kappa shape index (κ3) is 5.31. The minimum atomic E-state index is -4.41. The molecule has 3 aromatic rings. The summed E-state index contributed by atoms with van der Waals surface area (Å²) in [4.78, 5) is 4.30. The molecule has 0 radical (unpaired) electrons. The fourth-order valence-corrected chi connectivity index (χ4v) is 4.01. The van der Waals surface area contributed by atoms with Crippen LogP contribution in [0.2, 0.25) is 0 Å². The summed E-state index contributed by atoms with van der Waals surface area (Å²) in [5.74, 6) is 0.254. The van der Waals surface area contributed by atoms with Gasteiger partial charge in [-0.15, -0.1) is 5.10 Å². The summed E-state index contributed by atoms with van der Waals surface area (Å²) < 4.78 is 59.3. The second-order valence-electron chi connectivity index (χ2n) is 7.77. The Kier molecular flexibility index (Phi) is 6.89. The van der Waals surface area contributed by atoms with Crippen molar-refractivity contribution in [3.63, 3.8) is 0 Å². The second-order valence-corrected chi connectivity index (χ2v) is 7.77. The predicted molar refractivity (Wildman–Crippen MR) is 113 cm³/mol. The molecule has 1 aromatic heterocycles. The number of halogens is 4. The van der Waals surface area contributed by atoms with Gasteiger partial charge in [0.1, 0.15) is 5.82 Å². The lowest BCUT2D eigenvalue weighted by Gasteiger charge is -2.40. The van der Waals surface area contributed by atoms with E-state index in [-0.39, 0.29) is 5.82 Å². The first kappa shape index (κ1) is 23.1. The highest BCUT2D eigenvalue weighted by Gasteiger charge is 2.33. The van der Waals surface area contributed by atoms with Crippen molar-refractivity contribution < 1.29 is 22.3 Å². The van der Waals surface area contributed by atoms with Gasteiger partial charge in [0.25, 0.3) is 0 Å². The zero-order chi connectivity index (χ0) is 23.4. The van der Waals surface area contributed by atoms with Crippen molar-refractivity contribution >= 4 is 5.69 Å². The Balaban J connectivity index is 1.60. The number of ether oxygens (including phenoxy) is 1. The van der Waals surface area contributed by atoms with Gasteiger partial charge >= 0.3 is 6.18 Å². The molecule has 0 unspecified atom stereocenters. The fraction of sp³-hybridized carbons (Fsp3) is 0.409. The molecule has 33 heavy (non-hydrogen) atoms. The zero-order valence-corrected chi connectivity index (χ0v) is 18.0. The van der Waals surface area contributed by atoms with Crippen LogP contribution in [0.25, 0.3) is 0 Å². The number of piperazine rings is 1. The first-order valence-electron chi connectivity index (χ1n) is 10.5. The molecule has 1 aliphatic rings. The maximum absolute atomic E-state index is 13.3. The molecule has 7 nitrogen and oxygen atoms in total. The molecule has 11 heteroatoms. The van der Waals surface area contributed by atoms with E-state index in [1.165, 1.54) is 24.3 Å². The van der Waals surface area contributed by atoms with Gasteiger partial charge in [0.05, 0.1) is 24.8 Å². The molecule has 1 saturated heterocycles. The van der Waals surface area contributed by atoms with Crippen LogP contribution < -0.4 is 4.90 Å². The van der Waals surface area contributed by atoms with Crippen molar-refractivity contribution in [2.75, 3.05) is 44.8 Å². The summed E-state index contributed by atoms with van der Waals surface area (Å²) in [5, 5.41) is 12.1. The summed E-state index contributed by atoms with van der Waals surface area (Å²) in [6.07, 6.45) is -4.41. The standard InChI is InChI=1S/C22H24F4N6O/c1-33-15-14-32-21(27-28-29-32)20(16-2-4-17(5-3-16)22(24,25)26)31-12-10-30(11-13-31)19-8-6-18(23)7-9-19/h2-9,20H,10-15H2,1H3/t20-/m1/s1. The molecule has 0 bridgehead atoms. The van der Waals surface area contributed by atoms with Crippen molar-refractivity contribution in [1.29, 1.82) is 0 Å². The molecule has 1 atom stereocenters. The molecule has 1 fully saturated rings. The Morgan fingerprint density at radius 2 is 1.64 bits per heavy atom. The molecule has 0 aliphatic carbocycles. The minimum Gasteiger partial charge on any atom is -0.383 e. The highest BCUT2D eigenvalue weighted by Crippen LogP contribution is 2.33. The van der Waals surface area contributed by atoms with Crippen molar-refractivity contribution in [3.05, 3.63) is 71.3 Å². The monoisotopic (exact) mass is 464 g/mol. The lowest BCUT2D eigenvalue weighted by atomic mass is 10.0. The lowest BCUT2D eigenvalue weighted by Crippen LogP contribution is -2.48. The minimum absolute atomic E-state index is 0.289. The molecule has 2 aromatic carbocycles. The number of alkyl halides is 3. The summed E-state index contributed by atoms with van der Waals surface area (Å²) in [7, 11) is 1.58. The number of aromatic nitrogens is 4. The number of benzene rings is 2. The number of anilines is 1. The fourth-order valence-electron chi connectivity index (χ4n) is 4.01. The molecule has 0 saturated carbocycles. The average molecular weight is 464 g/mol. The van der Waals surface area contributed by atoms with E-state index in [2.05, 4.69) is 25.3 Å². The Morgan fingerprint density at radius 3 is 2.24 bits per heavy atom. The van der Waals surface area contributed by atoms with Gasteiger partial charge in [0.2, 0.25) is 0 Å². The maximum Gasteiger partial charge on any atom is 0.416 e. The highest BCUT2D eigenvalue weighted by molar-refractivity contribution is 5.46. The van der Waals surface area contributed by atoms with Gasteiger partial charge in [0.15, 0.2) is 5.82 Å². The smallest absolute Gasteiger partial charge is 0.383 e. The summed E-state index contributed by atoms with van der Waals surface area (Å²) in [5.41, 5.74) is 0.892. The summed E-state index contributed by atoms with van der Waals surface area (Å²) in [6.45, 7) is 3.41. The molecule has 0 N–H and O–H groups in total. The van der Waals surface area contributed by atoms with E-state index in [0.29, 0.717) is 50.7 Å². The van der Waals surface area contributed by atoms with E-state index in [0.717, 1.165) is 17.8 Å². The molecule has 1 aliphatic heterocycles. The first-order chi connectivity index (χ1) is 15.9. The molecular weight excluding hydrogens is 440 g/mol. The van der Waals surface area contributed by atoms with Gasteiger partial charge in [0, 0.05) is 39.0 Å². The Hall–Kier alpha value is -3.05. The van der Waals surface area contributed by atoms with Crippen LogP contribution in [0.1, 0.15) is 23.0 Å². The van der Waals surface area contributed by atoms with E-state index < -0.39 is 17.8 Å². The Bertz CT molecular complexity index is 1030. The average Bonchev–Trinajstić information content (AvgIpc) is 3.27. The van der Waals surface area contributed by atoms with Gasteiger partial charge in [-0.3, -0.25) is 4.90 Å². The SMILES string of the molecule is COCCn1nnnc1[C@@H](c1ccc(C(F)(F)F)cc1)N1CCN(c2ccc(F)cc2)CC1. The van der Waals surface area contributed by atoms with E-state index in [9.17, 15) is 17.6 Å². The Labute approximate surface area is 188 Å². The molecule has 176 valence electrons. The number of hydrogen-bond donors (Lipinski definition) is 0. The number of tetrazole rings is 1. The first-order valence-corrected chi connectivity index (χ1v) is 10.5. The molecule has 4 rings (SSSR count). The van der Waals surface area contributed by atoms with Gasteiger partial charge < -0.3 is 9.64 Å². The van der Waals surface area contributed by atoms with E-state index in [4.69, 9.17) is 4.74 Å². The number of methoxy groups -OCH3 is 1. The summed E-state index contributed by atoms with van der Waals surface area (Å²) in [6, 6.07) is 11.0. The lowest BCUT2D eigenvalue weighted by molar-refractivity contribution is -0.137. The van der Waals surface area contributed by atoms with Crippen molar-refractivity contribution in [2.24, 2.45) is 0 Å². The van der Waals surface area contributed by atoms with Crippen LogP contribution in [0.4, 0.5) is 23.2 Å². The Morgan fingerprint density at radius 1 is 0.970 bits per heavy atom. The molecule has 0 spiro atoms. The van der Waals surface area contributed by atoms with Crippen LogP contribution in [-0.4, -0.2) is 65.0 Å². The van der Waals surface area contributed by atoms with Gasteiger partial charge in [-0.1, -0.05) is 12.1 Å². The molecule has 0 amide bonds. The zero-order valence-electron chi connectivity index (χ0n) is 18.0. The van der Waals surface area contributed by atoms with E-state index in [1.54, 1.807) is 23.9 Å². The third-order valence-corrected chi connectivity index (χ3v) is 5.74. The van der Waals surface area contributed by atoms with Crippen LogP contribution >= 0.6 is 0 Å². The van der Waals surface area contributed by atoms with Crippen molar-refractivity contribution in [2.45, 2.75) is 18.8 Å². The van der Waals surface area contributed by atoms with Crippen LogP contribution in [0, 0.1) is 5.82 Å². The van der Waals surface area contributed by atoms with Crippen molar-refractivity contribution in [1.82, 2.24) is 25.1 Å². The van der Waals surface area contributed by atoms with E-state index in [1.807, 2.05) is 0 Å². The molecular formula is C22H24F4N6O. The maximum atomic E-state index is 13.3. The largest absolute Gasteiger partial charge is 0.416 e. The van der Waals surface area contributed by atoms with Gasteiger partial charge in [-0.05, 0) is 52.4 Å². The van der Waals surface area contributed by atoms with E-state index >= 15 is 0 Å². The quantitative estimate of drug-likeness (QED) is 0.500.